The topological polar surface area (TPSA) is 63.8 Å². The van der Waals surface area contributed by atoms with Crippen molar-refractivity contribution in [3.8, 4) is 0 Å². The molecule has 11 heavy (non-hydrogen) atoms. The maximum absolute atomic E-state index is 5.45. The second-order valence-electron chi connectivity index (χ2n) is 2.21. The number of anilines is 2. The van der Waals surface area contributed by atoms with Crippen molar-refractivity contribution in [2.24, 2.45) is 0 Å². The number of aromatic nitrogens is 2. The van der Waals surface area contributed by atoms with E-state index in [4.69, 9.17) is 5.73 Å². The second kappa shape index (κ2) is 3.18. The molecule has 3 N–H and O–H groups in total. The third kappa shape index (κ3) is 1.80. The van der Waals surface area contributed by atoms with Crippen LogP contribution in [0.4, 0.5) is 11.8 Å². The minimum atomic E-state index is 0.328. The Bertz CT molecular complexity index is 224. The summed E-state index contributed by atoms with van der Waals surface area (Å²) in [5.41, 5.74) is 6.41. The highest BCUT2D eigenvalue weighted by atomic mass is 15.1. The number of rotatable bonds is 2. The van der Waals surface area contributed by atoms with Gasteiger partial charge in [0.2, 0.25) is 5.95 Å². The van der Waals surface area contributed by atoms with E-state index in [1.165, 1.54) is 0 Å². The summed E-state index contributed by atoms with van der Waals surface area (Å²) in [7, 11) is 1.81. The van der Waals surface area contributed by atoms with Crippen LogP contribution in [0.3, 0.4) is 0 Å². The van der Waals surface area contributed by atoms with Crippen LogP contribution in [-0.2, 0) is 6.42 Å². The number of hydrogen-bond donors (Lipinski definition) is 2. The third-order valence-corrected chi connectivity index (χ3v) is 1.41. The standard InChI is InChI=1S/C7H12N4/c1-3-5-4-6(9-2)11-7(8)10-5/h4H,3H2,1-2H3,(H3,8,9,10,11). The third-order valence-electron chi connectivity index (χ3n) is 1.41. The first-order valence-corrected chi connectivity index (χ1v) is 3.57. The van der Waals surface area contributed by atoms with Crippen molar-refractivity contribution in [1.29, 1.82) is 0 Å². The van der Waals surface area contributed by atoms with Gasteiger partial charge in [-0.25, -0.2) is 4.98 Å². The first-order valence-electron chi connectivity index (χ1n) is 3.57. The predicted molar refractivity (Wildman–Crippen MR) is 45.4 cm³/mol. The number of aryl methyl sites for hydroxylation is 1. The summed E-state index contributed by atoms with van der Waals surface area (Å²) in [4.78, 5) is 7.98. The van der Waals surface area contributed by atoms with Crippen LogP contribution in [0.2, 0.25) is 0 Å². The molecule has 0 aliphatic carbocycles. The smallest absolute Gasteiger partial charge is 0.222 e. The van der Waals surface area contributed by atoms with Gasteiger partial charge in [-0.05, 0) is 6.42 Å². The molecule has 0 atom stereocenters. The van der Waals surface area contributed by atoms with E-state index in [0.717, 1.165) is 17.9 Å². The van der Waals surface area contributed by atoms with Crippen molar-refractivity contribution >= 4 is 11.8 Å². The molecule has 1 heterocycles. The lowest BCUT2D eigenvalue weighted by molar-refractivity contribution is 1.01. The van der Waals surface area contributed by atoms with E-state index in [1.54, 1.807) is 7.05 Å². The van der Waals surface area contributed by atoms with Crippen molar-refractivity contribution in [1.82, 2.24) is 9.97 Å². The molecule has 0 fully saturated rings. The Hall–Kier alpha value is -1.32. The lowest BCUT2D eigenvalue weighted by Gasteiger charge is -2.02. The van der Waals surface area contributed by atoms with Gasteiger partial charge < -0.3 is 11.1 Å². The van der Waals surface area contributed by atoms with Gasteiger partial charge >= 0.3 is 0 Å². The molecule has 1 rings (SSSR count). The fourth-order valence-electron chi connectivity index (χ4n) is 0.827. The van der Waals surface area contributed by atoms with Crippen molar-refractivity contribution in [3.05, 3.63) is 11.8 Å². The maximum Gasteiger partial charge on any atom is 0.222 e. The van der Waals surface area contributed by atoms with Gasteiger partial charge in [0, 0.05) is 18.8 Å². The maximum atomic E-state index is 5.45. The summed E-state index contributed by atoms with van der Waals surface area (Å²) in [5.74, 6) is 1.10. The zero-order chi connectivity index (χ0) is 8.27. The molecule has 0 amide bonds. The van der Waals surface area contributed by atoms with Crippen LogP contribution in [0.25, 0.3) is 0 Å². The largest absolute Gasteiger partial charge is 0.373 e. The Morgan fingerprint density at radius 2 is 2.27 bits per heavy atom. The van der Waals surface area contributed by atoms with Crippen LogP contribution >= 0.6 is 0 Å². The molecule has 0 radical (unpaired) electrons. The van der Waals surface area contributed by atoms with Crippen LogP contribution in [0.15, 0.2) is 6.07 Å². The van der Waals surface area contributed by atoms with Crippen molar-refractivity contribution < 1.29 is 0 Å². The van der Waals surface area contributed by atoms with Crippen molar-refractivity contribution in [3.63, 3.8) is 0 Å². The van der Waals surface area contributed by atoms with Gasteiger partial charge in [0.15, 0.2) is 0 Å². The number of nitrogens with two attached hydrogens (primary N) is 1. The summed E-state index contributed by atoms with van der Waals surface area (Å²) in [6.45, 7) is 2.03. The Labute approximate surface area is 65.9 Å². The quantitative estimate of drug-likeness (QED) is 0.653. The highest BCUT2D eigenvalue weighted by molar-refractivity contribution is 5.39. The fraction of sp³-hybridized carbons (Fsp3) is 0.429. The van der Waals surface area contributed by atoms with Crippen LogP contribution in [0.1, 0.15) is 12.6 Å². The van der Waals surface area contributed by atoms with Crippen LogP contribution in [0.5, 0.6) is 0 Å². The first kappa shape index (κ1) is 7.78. The Morgan fingerprint density at radius 3 is 2.82 bits per heavy atom. The molecule has 60 valence electrons. The highest BCUT2D eigenvalue weighted by Crippen LogP contribution is 2.06. The average Bonchev–Trinajstić information content (AvgIpc) is 2.03. The van der Waals surface area contributed by atoms with E-state index in [0.29, 0.717) is 5.95 Å². The molecule has 0 aromatic carbocycles. The highest BCUT2D eigenvalue weighted by Gasteiger charge is 1.97. The van der Waals surface area contributed by atoms with Crippen LogP contribution < -0.4 is 11.1 Å². The Balaban J connectivity index is 3.02. The molecule has 4 heteroatoms. The lowest BCUT2D eigenvalue weighted by atomic mass is 10.3. The Kier molecular flexibility index (Phi) is 2.25. The molecular weight excluding hydrogens is 140 g/mol. The molecular formula is C7H12N4. The van der Waals surface area contributed by atoms with E-state index >= 15 is 0 Å². The lowest BCUT2D eigenvalue weighted by Crippen LogP contribution is -2.02. The summed E-state index contributed by atoms with van der Waals surface area (Å²) in [6.07, 6.45) is 0.876. The van der Waals surface area contributed by atoms with Crippen molar-refractivity contribution in [2.75, 3.05) is 18.1 Å². The normalized spacial score (nSPS) is 9.64. The number of nitrogens with zero attached hydrogens (tertiary/aromatic N) is 2. The van der Waals surface area contributed by atoms with Gasteiger partial charge in [-0.1, -0.05) is 6.92 Å². The number of nitrogens with one attached hydrogen (secondary N) is 1. The molecule has 0 aliphatic rings. The second-order valence-corrected chi connectivity index (χ2v) is 2.21. The molecule has 4 nitrogen and oxygen atoms in total. The van der Waals surface area contributed by atoms with E-state index in [9.17, 15) is 0 Å². The molecule has 1 aromatic rings. The number of hydrogen-bond acceptors (Lipinski definition) is 4. The van der Waals surface area contributed by atoms with Gasteiger partial charge in [-0.2, -0.15) is 4.98 Å². The molecule has 0 spiro atoms. The summed E-state index contributed by atoms with van der Waals surface area (Å²) < 4.78 is 0. The monoisotopic (exact) mass is 152 g/mol. The minimum Gasteiger partial charge on any atom is -0.373 e. The van der Waals surface area contributed by atoms with E-state index in [2.05, 4.69) is 15.3 Å². The summed E-state index contributed by atoms with van der Waals surface area (Å²) in [5, 5.41) is 2.91. The van der Waals surface area contributed by atoms with Crippen LogP contribution in [0, 0.1) is 0 Å². The zero-order valence-electron chi connectivity index (χ0n) is 6.76. The van der Waals surface area contributed by atoms with Gasteiger partial charge in [-0.3, -0.25) is 0 Å². The van der Waals surface area contributed by atoms with Gasteiger partial charge in [0.05, 0.1) is 0 Å². The predicted octanol–water partition coefficient (Wildman–Crippen LogP) is 0.663. The molecule has 0 aliphatic heterocycles. The van der Waals surface area contributed by atoms with Gasteiger partial charge in [0.1, 0.15) is 5.82 Å². The average molecular weight is 152 g/mol. The van der Waals surface area contributed by atoms with E-state index in [-0.39, 0.29) is 0 Å². The fourth-order valence-corrected chi connectivity index (χ4v) is 0.827. The first-order chi connectivity index (χ1) is 5.26. The molecule has 0 saturated carbocycles. The van der Waals surface area contributed by atoms with E-state index in [1.807, 2.05) is 13.0 Å². The van der Waals surface area contributed by atoms with Gasteiger partial charge in [0.25, 0.3) is 0 Å². The molecule has 1 aromatic heterocycles. The minimum absolute atomic E-state index is 0.328. The van der Waals surface area contributed by atoms with Crippen LogP contribution in [-0.4, -0.2) is 17.0 Å². The zero-order valence-corrected chi connectivity index (χ0v) is 6.76. The number of nitrogen functional groups attached to an aromatic ring is 1. The van der Waals surface area contributed by atoms with Gasteiger partial charge in [-0.15, -0.1) is 0 Å². The summed E-state index contributed by atoms with van der Waals surface area (Å²) >= 11 is 0. The molecule has 0 saturated heterocycles. The molecule has 0 unspecified atom stereocenters. The van der Waals surface area contributed by atoms with Crippen molar-refractivity contribution in [2.45, 2.75) is 13.3 Å². The summed E-state index contributed by atoms with van der Waals surface area (Å²) in [6, 6.07) is 1.89. The van der Waals surface area contributed by atoms with E-state index < -0.39 is 0 Å². The molecule has 0 bridgehead atoms. The Morgan fingerprint density at radius 1 is 1.55 bits per heavy atom. The SMILES string of the molecule is CCc1cc(NC)nc(N)n1.